The third-order valence-electron chi connectivity index (χ3n) is 4.08. The molecule has 3 aromatic heterocycles. The second-order valence-electron chi connectivity index (χ2n) is 5.89. The van der Waals surface area contributed by atoms with Gasteiger partial charge in [-0.3, -0.25) is 0 Å². The first-order chi connectivity index (χ1) is 11.2. The van der Waals surface area contributed by atoms with E-state index >= 15 is 0 Å². The van der Waals surface area contributed by atoms with Crippen molar-refractivity contribution in [2.24, 2.45) is 0 Å². The molecule has 0 unspecified atom stereocenters. The van der Waals surface area contributed by atoms with Crippen LogP contribution in [0.2, 0.25) is 0 Å². The minimum Gasteiger partial charge on any atom is -0.339 e. The average Bonchev–Trinajstić information content (AvgIpc) is 3.27. The van der Waals surface area contributed by atoms with Crippen LogP contribution in [0.1, 0.15) is 29.6 Å². The molecule has 4 heterocycles. The van der Waals surface area contributed by atoms with Gasteiger partial charge in [0.2, 0.25) is 11.7 Å². The summed E-state index contributed by atoms with van der Waals surface area (Å²) in [5.74, 6) is 2.38. The molecule has 0 spiro atoms. The van der Waals surface area contributed by atoms with Gasteiger partial charge < -0.3 is 9.84 Å². The van der Waals surface area contributed by atoms with Gasteiger partial charge in [0.1, 0.15) is 0 Å². The van der Waals surface area contributed by atoms with Crippen LogP contribution in [0.4, 0.5) is 0 Å². The maximum atomic E-state index is 5.39. The Hall–Kier alpha value is -2.25. The molecule has 126 valence electrons. The zero-order valence-corrected chi connectivity index (χ0v) is 14.4. The highest BCUT2D eigenvalue weighted by Gasteiger charge is 2.23. The van der Waals surface area contributed by atoms with Gasteiger partial charge in [0, 0.05) is 24.0 Å². The normalized spacial score (nSPS) is 17.0. The van der Waals surface area contributed by atoms with Crippen molar-refractivity contribution in [3.63, 3.8) is 0 Å². The predicted molar refractivity (Wildman–Crippen MR) is 91.6 cm³/mol. The Labute approximate surface area is 145 Å². The quantitative estimate of drug-likeness (QED) is 0.784. The Morgan fingerprint density at radius 2 is 2.17 bits per heavy atom. The summed E-state index contributed by atoms with van der Waals surface area (Å²) in [6, 6.07) is 5.89. The molecule has 0 radical (unpaired) electrons. The van der Waals surface area contributed by atoms with E-state index in [1.54, 1.807) is 6.20 Å². The highest BCUT2D eigenvalue weighted by molar-refractivity contribution is 5.85. The van der Waals surface area contributed by atoms with Crippen LogP contribution >= 0.6 is 12.4 Å². The summed E-state index contributed by atoms with van der Waals surface area (Å²) in [5.41, 5.74) is 2.87. The lowest BCUT2D eigenvalue weighted by molar-refractivity contribution is 0.359. The smallest absolute Gasteiger partial charge is 0.231 e. The van der Waals surface area contributed by atoms with Crippen molar-refractivity contribution in [2.75, 3.05) is 13.1 Å². The molecule has 4 rings (SSSR count). The summed E-state index contributed by atoms with van der Waals surface area (Å²) >= 11 is 0. The highest BCUT2D eigenvalue weighted by atomic mass is 35.5. The maximum absolute atomic E-state index is 5.39. The molecular weight excluding hydrogens is 328 g/mol. The van der Waals surface area contributed by atoms with Crippen LogP contribution < -0.4 is 5.32 Å². The molecule has 1 aliphatic heterocycles. The van der Waals surface area contributed by atoms with E-state index in [9.17, 15) is 0 Å². The van der Waals surface area contributed by atoms with Gasteiger partial charge in [0.25, 0.3) is 0 Å². The number of rotatable bonds is 3. The van der Waals surface area contributed by atoms with E-state index < -0.39 is 0 Å². The summed E-state index contributed by atoms with van der Waals surface area (Å²) in [6.45, 7) is 5.88. The zero-order chi connectivity index (χ0) is 15.8. The molecule has 1 saturated heterocycles. The second kappa shape index (κ2) is 6.70. The van der Waals surface area contributed by atoms with Crippen molar-refractivity contribution in [1.29, 1.82) is 0 Å². The molecule has 0 aromatic carbocycles. The molecule has 1 fully saturated rings. The minimum atomic E-state index is 0. The minimum absolute atomic E-state index is 0. The van der Waals surface area contributed by atoms with Crippen molar-refractivity contribution in [3.8, 4) is 17.2 Å². The van der Waals surface area contributed by atoms with Crippen molar-refractivity contribution in [1.82, 2.24) is 30.2 Å². The van der Waals surface area contributed by atoms with Crippen LogP contribution in [0.3, 0.4) is 0 Å². The van der Waals surface area contributed by atoms with Crippen molar-refractivity contribution >= 4 is 12.4 Å². The molecular formula is C16H19ClN6O. The topological polar surface area (TPSA) is 81.7 Å². The van der Waals surface area contributed by atoms with E-state index in [-0.39, 0.29) is 12.4 Å². The molecule has 1 N–H and O–H groups in total. The summed E-state index contributed by atoms with van der Waals surface area (Å²) in [7, 11) is 0. The Morgan fingerprint density at radius 1 is 1.29 bits per heavy atom. The maximum Gasteiger partial charge on any atom is 0.231 e. The van der Waals surface area contributed by atoms with Gasteiger partial charge in [0.05, 0.1) is 11.6 Å². The number of aromatic nitrogens is 5. The lowest BCUT2D eigenvalue weighted by Gasteiger charge is -2.03. The van der Waals surface area contributed by atoms with Crippen molar-refractivity contribution in [2.45, 2.75) is 26.2 Å². The van der Waals surface area contributed by atoms with Gasteiger partial charge in [-0.2, -0.15) is 10.1 Å². The average molecular weight is 347 g/mol. The fraction of sp³-hybridized carbons (Fsp3) is 0.375. The Bertz CT molecular complexity index is 819. The predicted octanol–water partition coefficient (Wildman–Crippen LogP) is 2.43. The number of hydrogen-bond acceptors (Lipinski definition) is 6. The summed E-state index contributed by atoms with van der Waals surface area (Å²) in [6.07, 6.45) is 2.80. The van der Waals surface area contributed by atoms with Crippen LogP contribution in [0.15, 0.2) is 28.9 Å². The van der Waals surface area contributed by atoms with Crippen LogP contribution in [-0.2, 0) is 0 Å². The van der Waals surface area contributed by atoms with E-state index in [4.69, 9.17) is 4.52 Å². The third-order valence-corrected chi connectivity index (χ3v) is 4.08. The molecule has 8 heteroatoms. The molecule has 3 aromatic rings. The van der Waals surface area contributed by atoms with E-state index in [1.165, 1.54) is 0 Å². The molecule has 1 aliphatic rings. The first kappa shape index (κ1) is 16.6. The second-order valence-corrected chi connectivity index (χ2v) is 5.89. The lowest BCUT2D eigenvalue weighted by atomic mass is 10.1. The van der Waals surface area contributed by atoms with E-state index in [0.29, 0.717) is 17.6 Å². The number of aryl methyl sites for hydroxylation is 2. The van der Waals surface area contributed by atoms with Gasteiger partial charge in [-0.1, -0.05) is 5.16 Å². The van der Waals surface area contributed by atoms with Crippen molar-refractivity contribution < 1.29 is 4.52 Å². The molecule has 1 atom stereocenters. The van der Waals surface area contributed by atoms with Gasteiger partial charge in [-0.25, -0.2) is 9.67 Å². The third kappa shape index (κ3) is 3.05. The summed E-state index contributed by atoms with van der Waals surface area (Å²) < 4.78 is 7.22. The fourth-order valence-corrected chi connectivity index (χ4v) is 2.89. The largest absolute Gasteiger partial charge is 0.339 e. The molecule has 7 nitrogen and oxygen atoms in total. The number of pyridine rings is 1. The molecule has 24 heavy (non-hydrogen) atoms. The molecule has 0 bridgehead atoms. The molecule has 0 amide bonds. The van der Waals surface area contributed by atoms with E-state index in [0.717, 1.165) is 42.3 Å². The number of halogens is 1. The fourth-order valence-electron chi connectivity index (χ4n) is 2.89. The van der Waals surface area contributed by atoms with Gasteiger partial charge in [0.15, 0.2) is 5.82 Å². The van der Waals surface area contributed by atoms with Gasteiger partial charge in [-0.05, 0) is 45.0 Å². The van der Waals surface area contributed by atoms with Crippen LogP contribution in [0.25, 0.3) is 17.2 Å². The number of nitrogens with zero attached hydrogens (tertiary/aromatic N) is 5. The number of nitrogens with one attached hydrogen (secondary N) is 1. The molecule has 0 saturated carbocycles. The number of hydrogen-bond donors (Lipinski definition) is 1. The lowest BCUT2D eigenvalue weighted by Crippen LogP contribution is -2.08. The monoisotopic (exact) mass is 346 g/mol. The van der Waals surface area contributed by atoms with Crippen LogP contribution in [0.5, 0.6) is 0 Å². The Balaban J connectivity index is 0.00000169. The SMILES string of the molecule is Cc1cc(C)n(-c2ccc(-c3noc([C@H]4CCNC4)n3)cn2)n1.Cl. The summed E-state index contributed by atoms with van der Waals surface area (Å²) in [4.78, 5) is 8.98. The van der Waals surface area contributed by atoms with Crippen molar-refractivity contribution in [3.05, 3.63) is 41.7 Å². The standard InChI is InChI=1S/C16H18N6O.ClH/c1-10-7-11(2)22(20-10)14-4-3-12(9-18-14)15-19-16(23-21-15)13-5-6-17-8-13;/h3-4,7,9,13,17H,5-6,8H2,1-2H3;1H/t13-;/m0./s1. The van der Waals surface area contributed by atoms with Crippen LogP contribution in [-0.4, -0.2) is 38.0 Å². The van der Waals surface area contributed by atoms with Gasteiger partial charge in [-0.15, -0.1) is 12.4 Å². The van der Waals surface area contributed by atoms with Crippen LogP contribution in [0, 0.1) is 13.8 Å². The first-order valence-corrected chi connectivity index (χ1v) is 7.75. The first-order valence-electron chi connectivity index (χ1n) is 7.75. The summed E-state index contributed by atoms with van der Waals surface area (Å²) in [5, 5.41) is 11.8. The van der Waals surface area contributed by atoms with E-state index in [2.05, 4.69) is 25.5 Å². The Morgan fingerprint density at radius 3 is 2.79 bits per heavy atom. The van der Waals surface area contributed by atoms with Gasteiger partial charge >= 0.3 is 0 Å². The Kier molecular flexibility index (Phi) is 4.64. The highest BCUT2D eigenvalue weighted by Crippen LogP contribution is 2.24. The zero-order valence-electron chi connectivity index (χ0n) is 13.6. The van der Waals surface area contributed by atoms with E-state index in [1.807, 2.05) is 36.7 Å². The molecule has 0 aliphatic carbocycles.